The van der Waals surface area contributed by atoms with Gasteiger partial charge in [-0.2, -0.15) is 5.26 Å². The third kappa shape index (κ3) is 2.73. The summed E-state index contributed by atoms with van der Waals surface area (Å²) in [4.78, 5) is 10.3. The van der Waals surface area contributed by atoms with E-state index in [0.29, 0.717) is 0 Å². The molecule has 0 aromatic carbocycles. The van der Waals surface area contributed by atoms with Crippen molar-refractivity contribution in [1.29, 1.82) is 5.26 Å². The van der Waals surface area contributed by atoms with E-state index in [2.05, 4.69) is 4.74 Å². The standard InChI is InChI=1S/C5H4ClNO2/c1-9-5(8)4(6)2-3-7/h2H,1H3/b4-2+. The lowest BCUT2D eigenvalue weighted by atomic mass is 10.5. The highest BCUT2D eigenvalue weighted by atomic mass is 35.5. The van der Waals surface area contributed by atoms with Gasteiger partial charge >= 0.3 is 5.97 Å². The van der Waals surface area contributed by atoms with Crippen molar-refractivity contribution < 1.29 is 9.53 Å². The maximum atomic E-state index is 10.3. The van der Waals surface area contributed by atoms with Crippen molar-refractivity contribution in [3.63, 3.8) is 0 Å². The van der Waals surface area contributed by atoms with Gasteiger partial charge in [0, 0.05) is 6.08 Å². The van der Waals surface area contributed by atoms with Gasteiger partial charge in [0.1, 0.15) is 5.03 Å². The molecule has 0 spiro atoms. The molecule has 0 unspecified atom stereocenters. The minimum absolute atomic E-state index is 0.208. The van der Waals surface area contributed by atoms with Gasteiger partial charge in [-0.15, -0.1) is 0 Å². The van der Waals surface area contributed by atoms with E-state index < -0.39 is 5.97 Å². The van der Waals surface area contributed by atoms with Gasteiger partial charge in [-0.25, -0.2) is 4.79 Å². The molecule has 0 heterocycles. The number of nitrogens with zero attached hydrogens (tertiary/aromatic N) is 1. The summed E-state index contributed by atoms with van der Waals surface area (Å²) in [6.07, 6.45) is 0.910. The van der Waals surface area contributed by atoms with E-state index in [-0.39, 0.29) is 5.03 Å². The van der Waals surface area contributed by atoms with Crippen molar-refractivity contribution in [2.75, 3.05) is 7.11 Å². The van der Waals surface area contributed by atoms with Crippen LogP contribution in [-0.2, 0) is 9.53 Å². The molecular formula is C5H4ClNO2. The minimum Gasteiger partial charge on any atom is -0.465 e. The van der Waals surface area contributed by atoms with Crippen molar-refractivity contribution in [2.45, 2.75) is 0 Å². The van der Waals surface area contributed by atoms with Gasteiger partial charge in [0.15, 0.2) is 0 Å². The zero-order valence-corrected chi connectivity index (χ0v) is 5.47. The zero-order chi connectivity index (χ0) is 7.28. The number of hydrogen-bond donors (Lipinski definition) is 0. The van der Waals surface area contributed by atoms with Gasteiger partial charge in [-0.1, -0.05) is 11.6 Å². The van der Waals surface area contributed by atoms with Gasteiger partial charge in [0.2, 0.25) is 0 Å². The van der Waals surface area contributed by atoms with Crippen LogP contribution in [0.3, 0.4) is 0 Å². The minimum atomic E-state index is -0.696. The van der Waals surface area contributed by atoms with Crippen LogP contribution in [0.5, 0.6) is 0 Å². The maximum absolute atomic E-state index is 10.3. The van der Waals surface area contributed by atoms with E-state index in [4.69, 9.17) is 16.9 Å². The average molecular weight is 146 g/mol. The fourth-order valence-corrected chi connectivity index (χ4v) is 0.339. The number of nitriles is 1. The second-order valence-corrected chi connectivity index (χ2v) is 1.52. The number of halogens is 1. The largest absolute Gasteiger partial charge is 0.465 e. The summed E-state index contributed by atoms with van der Waals surface area (Å²) in [5, 5.41) is 7.75. The fourth-order valence-electron chi connectivity index (χ4n) is 0.213. The van der Waals surface area contributed by atoms with Crippen LogP contribution in [0.2, 0.25) is 0 Å². The molecule has 48 valence electrons. The molecule has 9 heavy (non-hydrogen) atoms. The van der Waals surface area contributed by atoms with Crippen LogP contribution in [0.4, 0.5) is 0 Å². The molecule has 0 fully saturated rings. The summed E-state index contributed by atoms with van der Waals surface area (Å²) in [5.74, 6) is -0.696. The molecule has 0 aromatic heterocycles. The first-order chi connectivity index (χ1) is 4.22. The van der Waals surface area contributed by atoms with Crippen molar-refractivity contribution in [2.24, 2.45) is 0 Å². The van der Waals surface area contributed by atoms with Gasteiger partial charge < -0.3 is 4.74 Å². The van der Waals surface area contributed by atoms with Gasteiger partial charge in [0.05, 0.1) is 13.2 Å². The molecule has 0 aliphatic rings. The van der Waals surface area contributed by atoms with Gasteiger partial charge in [0.25, 0.3) is 0 Å². The Morgan fingerprint density at radius 2 is 2.44 bits per heavy atom. The lowest BCUT2D eigenvalue weighted by Crippen LogP contribution is -1.98. The van der Waals surface area contributed by atoms with Crippen molar-refractivity contribution in [3.05, 3.63) is 11.1 Å². The van der Waals surface area contributed by atoms with Crippen LogP contribution in [0.1, 0.15) is 0 Å². The van der Waals surface area contributed by atoms with Crippen molar-refractivity contribution in [1.82, 2.24) is 0 Å². The van der Waals surface area contributed by atoms with E-state index in [1.807, 2.05) is 0 Å². The first-order valence-electron chi connectivity index (χ1n) is 2.06. The fraction of sp³-hybridized carbons (Fsp3) is 0.200. The molecule has 0 aromatic rings. The Bertz CT molecular complexity index is 180. The van der Waals surface area contributed by atoms with E-state index >= 15 is 0 Å². The monoisotopic (exact) mass is 145 g/mol. The number of ether oxygens (including phenoxy) is 1. The molecule has 0 rings (SSSR count). The molecule has 0 saturated heterocycles. The predicted octanol–water partition coefficient (Wildman–Crippen LogP) is 0.806. The summed E-state index contributed by atoms with van der Waals surface area (Å²) in [7, 11) is 1.19. The van der Waals surface area contributed by atoms with Crippen LogP contribution in [0.25, 0.3) is 0 Å². The number of esters is 1. The average Bonchev–Trinajstić information content (AvgIpc) is 1.87. The Balaban J connectivity index is 4.07. The molecule has 0 saturated carbocycles. The third-order valence-corrected chi connectivity index (χ3v) is 0.835. The lowest BCUT2D eigenvalue weighted by molar-refractivity contribution is -0.135. The number of carbonyl (C=O) groups excluding carboxylic acids is 1. The van der Waals surface area contributed by atoms with Crippen LogP contribution in [-0.4, -0.2) is 13.1 Å². The zero-order valence-electron chi connectivity index (χ0n) is 4.72. The molecule has 0 aliphatic heterocycles. The van der Waals surface area contributed by atoms with E-state index in [1.54, 1.807) is 6.07 Å². The van der Waals surface area contributed by atoms with E-state index in [0.717, 1.165) is 6.08 Å². The lowest BCUT2D eigenvalue weighted by Gasteiger charge is -1.90. The molecule has 0 bridgehead atoms. The Morgan fingerprint density at radius 3 is 2.78 bits per heavy atom. The molecule has 0 radical (unpaired) electrons. The quantitative estimate of drug-likeness (QED) is 0.312. The van der Waals surface area contributed by atoms with Crippen LogP contribution < -0.4 is 0 Å². The molecule has 0 amide bonds. The van der Waals surface area contributed by atoms with Gasteiger partial charge in [-0.3, -0.25) is 0 Å². The van der Waals surface area contributed by atoms with E-state index in [1.165, 1.54) is 7.11 Å². The highest BCUT2D eigenvalue weighted by molar-refractivity contribution is 6.41. The molecule has 0 N–H and O–H groups in total. The second kappa shape index (κ2) is 3.93. The molecular weight excluding hydrogens is 142 g/mol. The molecule has 0 atom stereocenters. The van der Waals surface area contributed by atoms with Gasteiger partial charge in [-0.05, 0) is 0 Å². The molecule has 3 nitrogen and oxygen atoms in total. The Hall–Kier alpha value is -1.01. The summed E-state index contributed by atoms with van der Waals surface area (Å²) in [6, 6.07) is 1.59. The highest BCUT2D eigenvalue weighted by Gasteiger charge is 2.03. The predicted molar refractivity (Wildman–Crippen MR) is 31.6 cm³/mol. The smallest absolute Gasteiger partial charge is 0.350 e. The number of rotatable bonds is 1. The Kier molecular flexibility index (Phi) is 3.49. The topological polar surface area (TPSA) is 50.1 Å². The molecule has 4 heteroatoms. The Morgan fingerprint density at radius 1 is 1.89 bits per heavy atom. The number of methoxy groups -OCH3 is 1. The molecule has 0 aliphatic carbocycles. The summed E-state index contributed by atoms with van der Waals surface area (Å²) >= 11 is 5.20. The Labute approximate surface area is 57.5 Å². The number of allylic oxidation sites excluding steroid dienone is 1. The second-order valence-electron chi connectivity index (χ2n) is 1.11. The highest BCUT2D eigenvalue weighted by Crippen LogP contribution is 2.01. The maximum Gasteiger partial charge on any atom is 0.350 e. The first-order valence-corrected chi connectivity index (χ1v) is 2.43. The first kappa shape index (κ1) is 7.99. The normalized spacial score (nSPS) is 10.1. The van der Waals surface area contributed by atoms with Crippen molar-refractivity contribution in [3.8, 4) is 6.07 Å². The third-order valence-electron chi connectivity index (χ3n) is 0.572. The number of carbonyl (C=O) groups is 1. The summed E-state index contributed by atoms with van der Waals surface area (Å²) < 4.78 is 4.17. The SMILES string of the molecule is COC(=O)/C(Cl)=C\C#N. The van der Waals surface area contributed by atoms with Crippen LogP contribution >= 0.6 is 11.6 Å². The number of hydrogen-bond acceptors (Lipinski definition) is 3. The summed E-state index contributed by atoms with van der Waals surface area (Å²) in [5.41, 5.74) is 0. The van der Waals surface area contributed by atoms with Crippen molar-refractivity contribution >= 4 is 17.6 Å². The van der Waals surface area contributed by atoms with Crippen LogP contribution in [0.15, 0.2) is 11.1 Å². The van der Waals surface area contributed by atoms with Crippen LogP contribution in [0, 0.1) is 11.3 Å². The van der Waals surface area contributed by atoms with E-state index in [9.17, 15) is 4.79 Å². The summed E-state index contributed by atoms with van der Waals surface area (Å²) in [6.45, 7) is 0.